The van der Waals surface area contributed by atoms with Gasteiger partial charge in [-0.25, -0.2) is 0 Å². The van der Waals surface area contributed by atoms with Crippen LogP contribution in [0.25, 0.3) is 0 Å². The van der Waals surface area contributed by atoms with Gasteiger partial charge in [-0.3, -0.25) is 19.2 Å². The Hall–Kier alpha value is -3.79. The molecule has 1 aliphatic rings. The molecular formula is C36H51ClN4O6. The van der Waals surface area contributed by atoms with E-state index in [1.165, 1.54) is 0 Å². The Kier molecular flexibility index (Phi) is 13.9. The molecule has 0 saturated carbocycles. The molecular weight excluding hydrogens is 620 g/mol. The molecule has 258 valence electrons. The minimum atomic E-state index is -1.22. The molecule has 0 aliphatic carbocycles. The van der Waals surface area contributed by atoms with Crippen molar-refractivity contribution in [1.82, 2.24) is 20.9 Å². The number of amides is 4. The van der Waals surface area contributed by atoms with E-state index in [9.17, 15) is 19.2 Å². The van der Waals surface area contributed by atoms with Crippen molar-refractivity contribution in [3.8, 4) is 11.5 Å². The van der Waals surface area contributed by atoms with Crippen LogP contribution in [0.4, 0.5) is 0 Å². The Morgan fingerprint density at radius 1 is 1.04 bits per heavy atom. The van der Waals surface area contributed by atoms with Gasteiger partial charge in [-0.2, -0.15) is 0 Å². The smallest absolute Gasteiger partial charge is 0.255 e. The number of halogens is 1. The fraction of sp³-hybridized carbons (Fsp3) is 0.556. The number of likely N-dealkylation sites (N-methyl/N-ethyl adjacent to an activating group) is 1. The van der Waals surface area contributed by atoms with Crippen LogP contribution in [0.15, 0.2) is 36.4 Å². The highest BCUT2D eigenvalue weighted by Gasteiger charge is 2.33. The third-order valence-corrected chi connectivity index (χ3v) is 8.53. The van der Waals surface area contributed by atoms with Crippen LogP contribution in [0, 0.1) is 18.8 Å². The quantitative estimate of drug-likeness (QED) is 0.297. The standard InChI is InChI=1S/C36H51ClN4O6/c1-21(2)15-25-20-47-31-12-10-9-11-26(31)34(43)40-29(19-33(42)39-30(16-22(3)4)36(45)41(25)8)35(44)38-13-14-46-32-17-24(7)28(37)18-27(32)23(5)6/h9-12,17-18,21-23,25,29-30H,13-16,19-20H2,1-8H3,(H,38,44)(H,39,42)(H,40,43)/t25-,29+,30-/m1/s1. The predicted molar refractivity (Wildman–Crippen MR) is 184 cm³/mol. The maximum absolute atomic E-state index is 13.8. The first-order valence-corrected chi connectivity index (χ1v) is 16.8. The molecule has 3 N–H and O–H groups in total. The molecule has 11 heteroatoms. The number of aryl methyl sites for hydroxylation is 1. The van der Waals surface area contributed by atoms with Gasteiger partial charge in [0.05, 0.1) is 24.6 Å². The van der Waals surface area contributed by atoms with Crippen molar-refractivity contribution in [3.63, 3.8) is 0 Å². The van der Waals surface area contributed by atoms with E-state index in [4.69, 9.17) is 21.1 Å². The summed E-state index contributed by atoms with van der Waals surface area (Å²) in [6, 6.07) is 8.19. The van der Waals surface area contributed by atoms with E-state index in [-0.39, 0.29) is 61.4 Å². The minimum Gasteiger partial charge on any atom is -0.491 e. The highest BCUT2D eigenvalue weighted by Crippen LogP contribution is 2.32. The second kappa shape index (κ2) is 17.4. The Labute approximate surface area is 284 Å². The second-order valence-electron chi connectivity index (χ2n) is 13.5. The third-order valence-electron chi connectivity index (χ3n) is 8.13. The number of fused-ring (bicyclic) bond motifs is 1. The van der Waals surface area contributed by atoms with Gasteiger partial charge in [0.25, 0.3) is 5.91 Å². The first-order valence-electron chi connectivity index (χ1n) is 16.5. The number of nitrogens with one attached hydrogen (secondary N) is 3. The number of carbonyl (C=O) groups is 4. The van der Waals surface area contributed by atoms with Crippen LogP contribution in [0.5, 0.6) is 11.5 Å². The van der Waals surface area contributed by atoms with Gasteiger partial charge in [-0.05, 0) is 72.9 Å². The van der Waals surface area contributed by atoms with E-state index in [2.05, 4.69) is 29.8 Å². The molecule has 3 rings (SSSR count). The third kappa shape index (κ3) is 10.9. The summed E-state index contributed by atoms with van der Waals surface area (Å²) >= 11 is 6.32. The van der Waals surface area contributed by atoms with Gasteiger partial charge in [0.1, 0.15) is 36.8 Å². The summed E-state index contributed by atoms with van der Waals surface area (Å²) in [5, 5.41) is 9.03. The second-order valence-corrected chi connectivity index (χ2v) is 13.9. The summed E-state index contributed by atoms with van der Waals surface area (Å²) in [5.41, 5.74) is 2.05. The monoisotopic (exact) mass is 670 g/mol. The molecule has 2 aromatic carbocycles. The Bertz CT molecular complexity index is 1410. The first kappa shape index (κ1) is 37.7. The van der Waals surface area contributed by atoms with Gasteiger partial charge in [0, 0.05) is 12.1 Å². The van der Waals surface area contributed by atoms with E-state index in [1.807, 2.05) is 46.8 Å². The number of nitrogens with zero attached hydrogens (tertiary/aromatic N) is 1. The average Bonchev–Trinajstić information content (AvgIpc) is 3.00. The molecule has 3 atom stereocenters. The summed E-state index contributed by atoms with van der Waals surface area (Å²) in [7, 11) is 1.72. The molecule has 0 spiro atoms. The molecule has 0 bridgehead atoms. The van der Waals surface area contributed by atoms with Crippen LogP contribution in [0.3, 0.4) is 0 Å². The Morgan fingerprint density at radius 3 is 2.38 bits per heavy atom. The van der Waals surface area contributed by atoms with Gasteiger partial charge in [-0.1, -0.05) is 65.3 Å². The van der Waals surface area contributed by atoms with E-state index in [0.717, 1.165) is 11.1 Å². The van der Waals surface area contributed by atoms with Crippen LogP contribution in [-0.4, -0.2) is 73.5 Å². The number of para-hydroxylation sites is 1. The number of hydrogen-bond acceptors (Lipinski definition) is 6. The summed E-state index contributed by atoms with van der Waals surface area (Å²) in [4.78, 5) is 55.9. The summed E-state index contributed by atoms with van der Waals surface area (Å²) in [6.07, 6.45) is 0.716. The summed E-state index contributed by atoms with van der Waals surface area (Å²) in [5.74, 6) is -0.291. The highest BCUT2D eigenvalue weighted by molar-refractivity contribution is 6.31. The van der Waals surface area contributed by atoms with Crippen molar-refractivity contribution >= 4 is 35.2 Å². The Morgan fingerprint density at radius 2 is 1.72 bits per heavy atom. The van der Waals surface area contributed by atoms with Crippen LogP contribution in [0.1, 0.15) is 88.2 Å². The lowest BCUT2D eigenvalue weighted by Crippen LogP contribution is -2.55. The molecule has 2 aromatic rings. The number of carbonyl (C=O) groups excluding carboxylic acids is 4. The average molecular weight is 671 g/mol. The maximum Gasteiger partial charge on any atom is 0.255 e. The zero-order valence-electron chi connectivity index (χ0n) is 28.9. The zero-order valence-corrected chi connectivity index (χ0v) is 29.7. The van der Waals surface area contributed by atoms with Gasteiger partial charge < -0.3 is 30.3 Å². The minimum absolute atomic E-state index is 0.114. The van der Waals surface area contributed by atoms with Crippen LogP contribution in [0.2, 0.25) is 5.02 Å². The van der Waals surface area contributed by atoms with E-state index in [0.29, 0.717) is 29.4 Å². The SMILES string of the molecule is Cc1cc(OCCNC(=O)[C@@H]2CC(=O)N[C@H](CC(C)C)C(=O)N(C)[C@H](CC(C)C)COc3ccccc3C(=O)N2)c(C(C)C)cc1Cl. The number of benzene rings is 2. The zero-order chi connectivity index (χ0) is 34.8. The van der Waals surface area contributed by atoms with Gasteiger partial charge in [-0.15, -0.1) is 0 Å². The first-order chi connectivity index (χ1) is 22.2. The lowest BCUT2D eigenvalue weighted by molar-refractivity contribution is -0.138. The predicted octanol–water partition coefficient (Wildman–Crippen LogP) is 5.25. The summed E-state index contributed by atoms with van der Waals surface area (Å²) in [6.45, 7) is 14.5. The highest BCUT2D eigenvalue weighted by atomic mass is 35.5. The van der Waals surface area contributed by atoms with Gasteiger partial charge >= 0.3 is 0 Å². The van der Waals surface area contributed by atoms with Crippen molar-refractivity contribution in [1.29, 1.82) is 0 Å². The lowest BCUT2D eigenvalue weighted by atomic mass is 9.99. The van der Waals surface area contributed by atoms with E-state index < -0.39 is 29.8 Å². The van der Waals surface area contributed by atoms with E-state index in [1.54, 1.807) is 36.2 Å². The van der Waals surface area contributed by atoms with Crippen molar-refractivity contribution in [2.45, 2.75) is 91.8 Å². The topological polar surface area (TPSA) is 126 Å². The van der Waals surface area contributed by atoms with E-state index >= 15 is 0 Å². The molecule has 0 aromatic heterocycles. The molecule has 0 unspecified atom stereocenters. The fourth-order valence-corrected chi connectivity index (χ4v) is 5.73. The van der Waals surface area contributed by atoms with Crippen molar-refractivity contribution in [2.24, 2.45) is 11.8 Å². The van der Waals surface area contributed by atoms with Crippen molar-refractivity contribution in [2.75, 3.05) is 26.8 Å². The number of hydrogen-bond donors (Lipinski definition) is 3. The molecule has 1 heterocycles. The van der Waals surface area contributed by atoms with Crippen molar-refractivity contribution < 1.29 is 28.7 Å². The molecule has 10 nitrogen and oxygen atoms in total. The number of ether oxygens (including phenoxy) is 2. The molecule has 1 aliphatic heterocycles. The van der Waals surface area contributed by atoms with Crippen molar-refractivity contribution in [3.05, 3.63) is 58.1 Å². The maximum atomic E-state index is 13.8. The lowest BCUT2D eigenvalue weighted by Gasteiger charge is -2.33. The van der Waals surface area contributed by atoms with Crippen LogP contribution < -0.4 is 25.4 Å². The molecule has 47 heavy (non-hydrogen) atoms. The molecule has 0 saturated heterocycles. The molecule has 0 radical (unpaired) electrons. The van der Waals surface area contributed by atoms with Gasteiger partial charge in [0.15, 0.2) is 0 Å². The molecule has 0 fully saturated rings. The van der Waals surface area contributed by atoms with Gasteiger partial charge in [0.2, 0.25) is 17.7 Å². The van der Waals surface area contributed by atoms with Crippen LogP contribution >= 0.6 is 11.6 Å². The van der Waals surface area contributed by atoms with Crippen LogP contribution in [-0.2, 0) is 14.4 Å². The number of rotatable bonds is 10. The summed E-state index contributed by atoms with van der Waals surface area (Å²) < 4.78 is 12.2. The molecule has 4 amide bonds. The normalized spacial score (nSPS) is 19.5. The fourth-order valence-electron chi connectivity index (χ4n) is 5.56. The largest absolute Gasteiger partial charge is 0.491 e. The Balaban J connectivity index is 1.85.